The molecule has 1 aromatic rings. The first kappa shape index (κ1) is 14.7. The summed E-state index contributed by atoms with van der Waals surface area (Å²) in [5.74, 6) is -1.13. The van der Waals surface area contributed by atoms with Gasteiger partial charge in [-0.15, -0.1) is 0 Å². The van der Waals surface area contributed by atoms with Gasteiger partial charge in [0, 0.05) is 23.6 Å². The molecule has 0 unspecified atom stereocenters. The van der Waals surface area contributed by atoms with E-state index in [0.717, 1.165) is 0 Å². The summed E-state index contributed by atoms with van der Waals surface area (Å²) in [5.41, 5.74) is -0.0867. The normalized spacial score (nSPS) is 11.3. The number of nitrogens with one attached hydrogen (secondary N) is 1. The molecule has 0 aromatic carbocycles. The van der Waals surface area contributed by atoms with Gasteiger partial charge < -0.3 is 10.4 Å². The Kier molecular flexibility index (Phi) is 4.94. The molecule has 1 rings (SSSR count). The number of pyridine rings is 1. The number of hydrogen-bond donors (Lipinski definition) is 2. The molecule has 18 heavy (non-hydrogen) atoms. The summed E-state index contributed by atoms with van der Waals surface area (Å²) in [6, 6.07) is 1.33. The summed E-state index contributed by atoms with van der Waals surface area (Å²) in [6.07, 6.45) is -3.89. The van der Waals surface area contributed by atoms with Gasteiger partial charge in [-0.05, 0) is 28.4 Å². The first-order chi connectivity index (χ1) is 8.29. The van der Waals surface area contributed by atoms with Gasteiger partial charge in [-0.2, -0.15) is 13.2 Å². The van der Waals surface area contributed by atoms with Gasteiger partial charge in [0.25, 0.3) is 0 Å². The van der Waals surface area contributed by atoms with Crippen molar-refractivity contribution in [1.82, 2.24) is 4.98 Å². The van der Waals surface area contributed by atoms with Crippen LogP contribution in [0.5, 0.6) is 0 Å². The summed E-state index contributed by atoms with van der Waals surface area (Å²) in [4.78, 5) is 14.7. The molecule has 0 aliphatic heterocycles. The fraction of sp³-hybridized carbons (Fsp3) is 0.400. The number of carboxylic acid groups (broad SMARTS) is 1. The van der Waals surface area contributed by atoms with Crippen molar-refractivity contribution in [3.05, 3.63) is 22.3 Å². The fourth-order valence-corrected chi connectivity index (χ4v) is 1.57. The largest absolute Gasteiger partial charge is 0.478 e. The van der Waals surface area contributed by atoms with Crippen LogP contribution in [-0.2, 0) is 0 Å². The van der Waals surface area contributed by atoms with E-state index in [2.05, 4.69) is 26.2 Å². The molecule has 1 heterocycles. The summed E-state index contributed by atoms with van der Waals surface area (Å²) >= 11 is 3.07. The first-order valence-corrected chi connectivity index (χ1v) is 5.78. The number of rotatable bonds is 5. The molecule has 100 valence electrons. The Bertz CT molecular complexity index is 438. The summed E-state index contributed by atoms with van der Waals surface area (Å²) in [7, 11) is 0. The summed E-state index contributed by atoms with van der Waals surface area (Å²) in [5, 5.41) is 11.5. The molecule has 1 aromatic heterocycles. The highest BCUT2D eigenvalue weighted by Gasteiger charge is 2.26. The topological polar surface area (TPSA) is 62.2 Å². The lowest BCUT2D eigenvalue weighted by Gasteiger charge is -2.09. The van der Waals surface area contributed by atoms with Crippen molar-refractivity contribution >= 4 is 27.7 Å². The third-order valence-electron chi connectivity index (χ3n) is 2.01. The van der Waals surface area contributed by atoms with Crippen molar-refractivity contribution in [2.24, 2.45) is 0 Å². The van der Waals surface area contributed by atoms with Gasteiger partial charge in [0.15, 0.2) is 0 Å². The van der Waals surface area contributed by atoms with E-state index in [9.17, 15) is 18.0 Å². The third kappa shape index (κ3) is 4.91. The number of halogens is 4. The lowest BCUT2D eigenvalue weighted by atomic mass is 10.2. The molecule has 4 nitrogen and oxygen atoms in total. The third-order valence-corrected chi connectivity index (χ3v) is 2.45. The van der Waals surface area contributed by atoms with Crippen LogP contribution in [0.25, 0.3) is 0 Å². The second-order valence-corrected chi connectivity index (χ2v) is 4.42. The second-order valence-electron chi connectivity index (χ2n) is 3.50. The van der Waals surface area contributed by atoms with E-state index in [1.54, 1.807) is 0 Å². The zero-order valence-corrected chi connectivity index (χ0v) is 10.7. The van der Waals surface area contributed by atoms with E-state index in [0.29, 0.717) is 4.47 Å². The minimum atomic E-state index is -4.20. The Hall–Kier alpha value is -1.31. The number of alkyl halides is 3. The van der Waals surface area contributed by atoms with Crippen molar-refractivity contribution in [1.29, 1.82) is 0 Å². The van der Waals surface area contributed by atoms with E-state index in [1.807, 2.05) is 0 Å². The van der Waals surface area contributed by atoms with Gasteiger partial charge in [0.2, 0.25) is 0 Å². The molecule has 0 atom stereocenters. The van der Waals surface area contributed by atoms with Crippen LogP contribution in [0.15, 0.2) is 16.7 Å². The zero-order valence-electron chi connectivity index (χ0n) is 9.09. The van der Waals surface area contributed by atoms with Crippen molar-refractivity contribution in [3.8, 4) is 0 Å². The van der Waals surface area contributed by atoms with Gasteiger partial charge in [-0.1, -0.05) is 0 Å². The van der Waals surface area contributed by atoms with Gasteiger partial charge in [0.05, 0.1) is 0 Å². The average Bonchev–Trinajstić information content (AvgIpc) is 2.24. The molecule has 0 aliphatic rings. The van der Waals surface area contributed by atoms with Gasteiger partial charge >= 0.3 is 12.1 Å². The molecule has 0 saturated heterocycles. The molecule has 0 fully saturated rings. The van der Waals surface area contributed by atoms with E-state index < -0.39 is 18.6 Å². The van der Waals surface area contributed by atoms with Crippen molar-refractivity contribution < 1.29 is 23.1 Å². The maximum absolute atomic E-state index is 11.9. The van der Waals surface area contributed by atoms with Crippen LogP contribution in [0.3, 0.4) is 0 Å². The molecule has 8 heteroatoms. The van der Waals surface area contributed by atoms with Crippen molar-refractivity contribution in [2.75, 3.05) is 11.9 Å². The van der Waals surface area contributed by atoms with Crippen LogP contribution < -0.4 is 5.32 Å². The molecule has 0 saturated carbocycles. The molecule has 0 spiro atoms. The fourth-order valence-electron chi connectivity index (χ4n) is 1.24. The van der Waals surface area contributed by atoms with Crippen LogP contribution in [0.1, 0.15) is 23.2 Å². The van der Waals surface area contributed by atoms with E-state index in [4.69, 9.17) is 5.11 Å². The minimum absolute atomic E-state index is 0.00836. The van der Waals surface area contributed by atoms with E-state index >= 15 is 0 Å². The number of hydrogen-bond acceptors (Lipinski definition) is 3. The molecule has 0 radical (unpaired) electrons. The van der Waals surface area contributed by atoms with Gasteiger partial charge in [-0.25, -0.2) is 9.78 Å². The van der Waals surface area contributed by atoms with Crippen LogP contribution in [0.4, 0.5) is 19.0 Å². The molecule has 0 aliphatic carbocycles. The van der Waals surface area contributed by atoms with E-state index in [-0.39, 0.29) is 24.3 Å². The first-order valence-electron chi connectivity index (χ1n) is 4.99. The Labute approximate surface area is 109 Å². The lowest BCUT2D eigenvalue weighted by Crippen LogP contribution is -2.13. The molecule has 2 N–H and O–H groups in total. The molecule has 0 bridgehead atoms. The summed E-state index contributed by atoms with van der Waals surface area (Å²) < 4.78 is 36.2. The molecular formula is C10H10BrF3N2O2. The average molecular weight is 327 g/mol. The van der Waals surface area contributed by atoms with Crippen LogP contribution >= 0.6 is 15.9 Å². The van der Waals surface area contributed by atoms with E-state index in [1.165, 1.54) is 12.3 Å². The Morgan fingerprint density at radius 3 is 2.72 bits per heavy atom. The van der Waals surface area contributed by atoms with Gasteiger partial charge in [-0.3, -0.25) is 0 Å². The molecule has 0 amide bonds. The quantitative estimate of drug-likeness (QED) is 0.815. The second kappa shape index (κ2) is 6.03. The Morgan fingerprint density at radius 1 is 1.50 bits per heavy atom. The number of anilines is 1. The van der Waals surface area contributed by atoms with Crippen molar-refractivity contribution in [2.45, 2.75) is 19.0 Å². The predicted molar refractivity (Wildman–Crippen MR) is 62.7 cm³/mol. The number of aromatic nitrogens is 1. The minimum Gasteiger partial charge on any atom is -0.478 e. The number of nitrogens with zero attached hydrogens (tertiary/aromatic N) is 1. The SMILES string of the molecule is O=C(O)c1cc(Br)cnc1NCCCC(F)(F)F. The standard InChI is InChI=1S/C10H10BrF3N2O2/c11-6-4-7(9(17)18)8(16-5-6)15-3-1-2-10(12,13)14/h4-5H,1-3H2,(H,15,16)(H,17,18). The predicted octanol–water partition coefficient (Wildman–Crippen LogP) is 3.30. The highest BCUT2D eigenvalue weighted by Crippen LogP contribution is 2.22. The highest BCUT2D eigenvalue weighted by atomic mass is 79.9. The summed E-state index contributed by atoms with van der Waals surface area (Å²) in [6.45, 7) is 0.00836. The maximum atomic E-state index is 11.9. The Balaban J connectivity index is 2.59. The number of carbonyl (C=O) groups is 1. The zero-order chi connectivity index (χ0) is 13.8. The highest BCUT2D eigenvalue weighted by molar-refractivity contribution is 9.10. The monoisotopic (exact) mass is 326 g/mol. The number of carboxylic acids is 1. The van der Waals surface area contributed by atoms with Crippen LogP contribution in [-0.4, -0.2) is 28.8 Å². The maximum Gasteiger partial charge on any atom is 0.389 e. The number of aromatic carboxylic acids is 1. The Morgan fingerprint density at radius 2 is 2.17 bits per heavy atom. The van der Waals surface area contributed by atoms with Crippen molar-refractivity contribution in [3.63, 3.8) is 0 Å². The lowest BCUT2D eigenvalue weighted by molar-refractivity contribution is -0.134. The van der Waals surface area contributed by atoms with Crippen LogP contribution in [0.2, 0.25) is 0 Å². The smallest absolute Gasteiger partial charge is 0.389 e. The van der Waals surface area contributed by atoms with Gasteiger partial charge in [0.1, 0.15) is 11.4 Å². The van der Waals surface area contributed by atoms with Crippen LogP contribution in [0, 0.1) is 0 Å². The molecular weight excluding hydrogens is 317 g/mol.